The maximum Gasteiger partial charge on any atom is 0.129 e. The number of nitrogens with two attached hydrogens (primary N) is 1. The van der Waals surface area contributed by atoms with Crippen LogP contribution in [-0.2, 0) is 7.05 Å². The molecule has 102 valence electrons. The highest BCUT2D eigenvalue weighted by molar-refractivity contribution is 5.76. The quantitative estimate of drug-likeness (QED) is 0.729. The van der Waals surface area contributed by atoms with E-state index < -0.39 is 0 Å². The number of nitrogen functional groups attached to an aromatic ring is 1. The Morgan fingerprint density at radius 2 is 1.30 bits per heavy atom. The van der Waals surface area contributed by atoms with E-state index in [4.69, 9.17) is 5.73 Å². The van der Waals surface area contributed by atoms with Crippen molar-refractivity contribution in [3.63, 3.8) is 0 Å². The zero-order chi connectivity index (χ0) is 14.4. The van der Waals surface area contributed by atoms with E-state index in [0.29, 0.717) is 5.82 Å². The van der Waals surface area contributed by atoms with Crippen LogP contribution in [0.5, 0.6) is 0 Å². The van der Waals surface area contributed by atoms with Gasteiger partial charge in [-0.15, -0.1) is 0 Å². The lowest BCUT2D eigenvalue weighted by Gasteiger charge is -2.00. The molecule has 0 fully saturated rings. The van der Waals surface area contributed by atoms with Gasteiger partial charge < -0.3 is 5.73 Å². The van der Waals surface area contributed by atoms with E-state index in [1.165, 1.54) is 0 Å². The molecule has 3 nitrogen and oxygen atoms in total. The van der Waals surface area contributed by atoms with Crippen LogP contribution in [0.25, 0.3) is 11.1 Å². The van der Waals surface area contributed by atoms with E-state index in [-0.39, 0.29) is 0 Å². The number of hydrogen-bond donors (Lipinski definition) is 1. The molecular formula is C17H19N3. The van der Waals surface area contributed by atoms with Crippen molar-refractivity contribution in [1.82, 2.24) is 9.78 Å². The fourth-order valence-corrected chi connectivity index (χ4v) is 2.02. The summed E-state index contributed by atoms with van der Waals surface area (Å²) < 4.78 is 1.71. The second-order valence-corrected chi connectivity index (χ2v) is 4.49. The highest BCUT2D eigenvalue weighted by Crippen LogP contribution is 2.28. The third-order valence-electron chi connectivity index (χ3n) is 3.00. The molecule has 0 amide bonds. The lowest BCUT2D eigenvalue weighted by atomic mass is 10.1. The lowest BCUT2D eigenvalue weighted by molar-refractivity contribution is 0.767. The monoisotopic (exact) mass is 265 g/mol. The number of rotatable bonds is 1. The Labute approximate surface area is 119 Å². The summed E-state index contributed by atoms with van der Waals surface area (Å²) in [5, 5.41) is 4.28. The lowest BCUT2D eigenvalue weighted by Crippen LogP contribution is -1.97. The average Bonchev–Trinajstić information content (AvgIpc) is 2.75. The predicted octanol–water partition coefficient (Wildman–Crippen LogP) is 3.66. The predicted molar refractivity (Wildman–Crippen MR) is 84.2 cm³/mol. The van der Waals surface area contributed by atoms with Crippen molar-refractivity contribution < 1.29 is 0 Å². The van der Waals surface area contributed by atoms with Gasteiger partial charge in [-0.2, -0.15) is 5.10 Å². The van der Waals surface area contributed by atoms with Gasteiger partial charge in [0.05, 0.1) is 5.69 Å². The van der Waals surface area contributed by atoms with Crippen molar-refractivity contribution in [1.29, 1.82) is 0 Å². The summed E-state index contributed by atoms with van der Waals surface area (Å²) in [6.07, 6.45) is 0. The average molecular weight is 265 g/mol. The highest BCUT2D eigenvalue weighted by atomic mass is 15.3. The van der Waals surface area contributed by atoms with Crippen LogP contribution in [0.1, 0.15) is 5.69 Å². The van der Waals surface area contributed by atoms with Gasteiger partial charge in [0.25, 0.3) is 0 Å². The summed E-state index contributed by atoms with van der Waals surface area (Å²) in [6, 6.07) is 22.1. The summed E-state index contributed by atoms with van der Waals surface area (Å²) in [4.78, 5) is 0. The molecule has 3 heteroatoms. The fourth-order valence-electron chi connectivity index (χ4n) is 2.02. The molecule has 3 aromatic rings. The summed E-state index contributed by atoms with van der Waals surface area (Å²) in [5.74, 6) is 0.716. The highest BCUT2D eigenvalue weighted by Gasteiger charge is 2.11. The van der Waals surface area contributed by atoms with Crippen LogP contribution in [0, 0.1) is 6.92 Å². The molecule has 20 heavy (non-hydrogen) atoms. The van der Waals surface area contributed by atoms with Gasteiger partial charge in [0.1, 0.15) is 5.82 Å². The Kier molecular flexibility index (Phi) is 4.56. The molecule has 2 N–H and O–H groups in total. The van der Waals surface area contributed by atoms with Gasteiger partial charge >= 0.3 is 0 Å². The molecule has 3 rings (SSSR count). The molecule has 1 aromatic heterocycles. The SMILES string of the molecule is Cc1nn(C)c(N)c1-c1ccccc1.c1ccccc1. The van der Waals surface area contributed by atoms with Gasteiger partial charge in [-0.05, 0) is 12.5 Å². The second kappa shape index (κ2) is 6.57. The molecule has 1 heterocycles. The van der Waals surface area contributed by atoms with E-state index >= 15 is 0 Å². The maximum absolute atomic E-state index is 5.94. The molecule has 0 bridgehead atoms. The first-order valence-electron chi connectivity index (χ1n) is 6.54. The van der Waals surface area contributed by atoms with Crippen molar-refractivity contribution in [2.45, 2.75) is 6.92 Å². The third kappa shape index (κ3) is 3.26. The summed E-state index contributed by atoms with van der Waals surface area (Å²) in [5.41, 5.74) is 9.06. The first kappa shape index (κ1) is 13.9. The van der Waals surface area contributed by atoms with Crippen LogP contribution >= 0.6 is 0 Å². The topological polar surface area (TPSA) is 43.8 Å². The van der Waals surface area contributed by atoms with Crippen LogP contribution in [0.15, 0.2) is 66.7 Å². The van der Waals surface area contributed by atoms with Gasteiger partial charge in [0.2, 0.25) is 0 Å². The van der Waals surface area contributed by atoms with E-state index in [9.17, 15) is 0 Å². The van der Waals surface area contributed by atoms with Crippen LogP contribution in [-0.4, -0.2) is 9.78 Å². The minimum atomic E-state index is 0.716. The smallest absolute Gasteiger partial charge is 0.129 e. The van der Waals surface area contributed by atoms with Crippen LogP contribution < -0.4 is 5.73 Å². The maximum atomic E-state index is 5.94. The number of anilines is 1. The third-order valence-corrected chi connectivity index (χ3v) is 3.00. The fraction of sp³-hybridized carbons (Fsp3) is 0.118. The van der Waals surface area contributed by atoms with Crippen molar-refractivity contribution in [2.75, 3.05) is 5.73 Å². The first-order chi connectivity index (χ1) is 9.70. The van der Waals surface area contributed by atoms with Gasteiger partial charge in [0.15, 0.2) is 0 Å². The number of aromatic nitrogens is 2. The van der Waals surface area contributed by atoms with Crippen molar-refractivity contribution >= 4 is 5.82 Å². The van der Waals surface area contributed by atoms with E-state index in [1.54, 1.807) is 4.68 Å². The molecule has 0 radical (unpaired) electrons. The second-order valence-electron chi connectivity index (χ2n) is 4.49. The van der Waals surface area contributed by atoms with Gasteiger partial charge in [0, 0.05) is 12.6 Å². The van der Waals surface area contributed by atoms with Gasteiger partial charge in [-0.1, -0.05) is 66.7 Å². The van der Waals surface area contributed by atoms with Crippen molar-refractivity contribution in [3.8, 4) is 11.1 Å². The zero-order valence-electron chi connectivity index (χ0n) is 11.8. The molecule has 2 aromatic carbocycles. The summed E-state index contributed by atoms with van der Waals surface area (Å²) in [6.45, 7) is 1.97. The standard InChI is InChI=1S/C11H13N3.C6H6/c1-8-10(11(12)14(2)13-8)9-6-4-3-5-7-9;1-2-4-6-5-3-1/h3-7H,12H2,1-2H3;1-6H. The largest absolute Gasteiger partial charge is 0.383 e. The molecule has 0 unspecified atom stereocenters. The van der Waals surface area contributed by atoms with Crippen molar-refractivity contribution in [2.24, 2.45) is 7.05 Å². The zero-order valence-corrected chi connectivity index (χ0v) is 11.8. The molecule has 0 saturated heterocycles. The van der Waals surface area contributed by atoms with Gasteiger partial charge in [-0.25, -0.2) is 0 Å². The number of aryl methyl sites for hydroxylation is 2. The molecule has 0 aliphatic heterocycles. The number of nitrogens with zero attached hydrogens (tertiary/aromatic N) is 2. The molecule has 0 aliphatic rings. The molecule has 0 spiro atoms. The number of benzene rings is 2. The number of hydrogen-bond acceptors (Lipinski definition) is 2. The Bertz CT molecular complexity index is 616. The van der Waals surface area contributed by atoms with Crippen LogP contribution in [0.2, 0.25) is 0 Å². The van der Waals surface area contributed by atoms with Crippen LogP contribution in [0.3, 0.4) is 0 Å². The Morgan fingerprint density at radius 1 is 0.850 bits per heavy atom. The molecule has 0 atom stereocenters. The Hall–Kier alpha value is -2.55. The molecule has 0 aliphatic carbocycles. The van der Waals surface area contributed by atoms with E-state index in [1.807, 2.05) is 80.7 Å². The Balaban J connectivity index is 0.000000205. The van der Waals surface area contributed by atoms with Crippen LogP contribution in [0.4, 0.5) is 5.82 Å². The molecular weight excluding hydrogens is 246 g/mol. The summed E-state index contributed by atoms with van der Waals surface area (Å²) >= 11 is 0. The summed E-state index contributed by atoms with van der Waals surface area (Å²) in [7, 11) is 1.86. The van der Waals surface area contributed by atoms with E-state index in [2.05, 4.69) is 5.10 Å². The first-order valence-corrected chi connectivity index (χ1v) is 6.54. The normalized spacial score (nSPS) is 9.70. The molecule has 0 saturated carbocycles. The van der Waals surface area contributed by atoms with Crippen molar-refractivity contribution in [3.05, 3.63) is 72.4 Å². The minimum absolute atomic E-state index is 0.716. The van der Waals surface area contributed by atoms with E-state index in [0.717, 1.165) is 16.8 Å². The minimum Gasteiger partial charge on any atom is -0.383 e. The van der Waals surface area contributed by atoms with Gasteiger partial charge in [-0.3, -0.25) is 4.68 Å². The Morgan fingerprint density at radius 3 is 1.70 bits per heavy atom.